The molecule has 1 fully saturated rings. The molecule has 6 nitrogen and oxygen atoms in total. The summed E-state index contributed by atoms with van der Waals surface area (Å²) in [5.74, 6) is 0. The predicted molar refractivity (Wildman–Crippen MR) is 74.8 cm³/mol. The van der Waals surface area contributed by atoms with Crippen LogP contribution in [0.2, 0.25) is 0 Å². The van der Waals surface area contributed by atoms with Crippen molar-refractivity contribution in [3.63, 3.8) is 0 Å². The minimum Gasteiger partial charge on any atom is -0.354 e. The van der Waals surface area contributed by atoms with Crippen LogP contribution < -0.4 is 5.32 Å². The summed E-state index contributed by atoms with van der Waals surface area (Å²) in [6, 6.07) is -0.0862. The summed E-state index contributed by atoms with van der Waals surface area (Å²) in [5, 5.41) is 2.70. The second-order valence-electron chi connectivity index (χ2n) is 6.24. The first kappa shape index (κ1) is 16.4. The molecule has 1 N–H and O–H groups in total. The van der Waals surface area contributed by atoms with E-state index in [-0.39, 0.29) is 24.0 Å². The van der Waals surface area contributed by atoms with Crippen LogP contribution in [0.1, 0.15) is 33.6 Å². The fourth-order valence-corrected chi connectivity index (χ4v) is 3.22. The zero-order valence-electron chi connectivity index (χ0n) is 12.4. The molecule has 0 aromatic rings. The van der Waals surface area contributed by atoms with E-state index in [1.54, 1.807) is 14.1 Å². The molecule has 0 aromatic carbocycles. The Morgan fingerprint density at radius 3 is 2.21 bits per heavy atom. The molecule has 1 aliphatic rings. The maximum absolute atomic E-state index is 12.3. The first-order chi connectivity index (χ1) is 8.60. The number of rotatable bonds is 7. The lowest BCUT2D eigenvalue weighted by Crippen LogP contribution is -2.51. The Balaban J connectivity index is 2.75. The van der Waals surface area contributed by atoms with Crippen LogP contribution in [0.4, 0.5) is 0 Å². The number of nitrogens with zero attached hydrogens (tertiary/aromatic N) is 2. The van der Waals surface area contributed by atoms with Gasteiger partial charge in [-0.25, -0.2) is 0 Å². The van der Waals surface area contributed by atoms with Crippen LogP contribution in [-0.4, -0.2) is 56.2 Å². The summed E-state index contributed by atoms with van der Waals surface area (Å²) in [7, 11) is -0.270. The molecular formula is C12H25N3O3S. The van der Waals surface area contributed by atoms with E-state index in [1.165, 1.54) is 8.61 Å². The van der Waals surface area contributed by atoms with Crippen molar-refractivity contribution in [1.82, 2.24) is 13.9 Å². The Bertz CT molecular complexity index is 412. The molecular weight excluding hydrogens is 266 g/mol. The van der Waals surface area contributed by atoms with Gasteiger partial charge in [-0.3, -0.25) is 4.79 Å². The van der Waals surface area contributed by atoms with Crippen molar-refractivity contribution in [2.45, 2.75) is 45.7 Å². The molecule has 1 saturated carbocycles. The van der Waals surface area contributed by atoms with E-state index in [9.17, 15) is 13.2 Å². The van der Waals surface area contributed by atoms with Crippen molar-refractivity contribution in [1.29, 1.82) is 0 Å². The van der Waals surface area contributed by atoms with Crippen LogP contribution in [0.3, 0.4) is 0 Å². The Morgan fingerprint density at radius 2 is 1.84 bits per heavy atom. The van der Waals surface area contributed by atoms with Crippen molar-refractivity contribution in [3.05, 3.63) is 0 Å². The van der Waals surface area contributed by atoms with Crippen LogP contribution in [0, 0.1) is 5.41 Å². The molecule has 0 radical (unpaired) electrons. The van der Waals surface area contributed by atoms with E-state index in [0.29, 0.717) is 6.41 Å². The van der Waals surface area contributed by atoms with E-state index in [0.717, 1.165) is 12.8 Å². The highest BCUT2D eigenvalue weighted by Gasteiger charge is 2.38. The minimum absolute atomic E-state index is 0.138. The SMILES string of the molecule is CN(C[C@@H](NC=O)C(C)(C)C)S(=O)(=O)N(C)C1CC1. The highest BCUT2D eigenvalue weighted by molar-refractivity contribution is 7.86. The third-order valence-electron chi connectivity index (χ3n) is 3.57. The van der Waals surface area contributed by atoms with Gasteiger partial charge in [-0.2, -0.15) is 17.0 Å². The molecule has 0 aromatic heterocycles. The van der Waals surface area contributed by atoms with Gasteiger partial charge in [-0.15, -0.1) is 0 Å². The molecule has 0 aliphatic heterocycles. The van der Waals surface area contributed by atoms with Gasteiger partial charge in [0.25, 0.3) is 10.2 Å². The molecule has 1 aliphatic carbocycles. The number of amides is 1. The lowest BCUT2D eigenvalue weighted by Gasteiger charge is -2.34. The first-order valence-electron chi connectivity index (χ1n) is 6.49. The van der Waals surface area contributed by atoms with Crippen molar-refractivity contribution >= 4 is 16.6 Å². The van der Waals surface area contributed by atoms with Gasteiger partial charge in [-0.1, -0.05) is 20.8 Å². The lowest BCUT2D eigenvalue weighted by atomic mass is 9.87. The van der Waals surface area contributed by atoms with Gasteiger partial charge in [0.15, 0.2) is 0 Å². The molecule has 1 atom stereocenters. The molecule has 0 saturated heterocycles. The standard InChI is InChI=1S/C12H25N3O3S/c1-12(2,3)11(13-9-16)8-14(4)19(17,18)15(5)10-6-7-10/h9-11H,6-8H2,1-5H3,(H,13,16)/t11-/m1/s1. The number of hydrogen-bond acceptors (Lipinski definition) is 3. The summed E-state index contributed by atoms with van der Waals surface area (Å²) >= 11 is 0. The minimum atomic E-state index is -3.44. The molecule has 0 bridgehead atoms. The second-order valence-corrected chi connectivity index (χ2v) is 8.33. The Hall–Kier alpha value is -0.660. The monoisotopic (exact) mass is 291 g/mol. The maximum Gasteiger partial charge on any atom is 0.281 e. The van der Waals surface area contributed by atoms with Crippen molar-refractivity contribution in [3.8, 4) is 0 Å². The molecule has 19 heavy (non-hydrogen) atoms. The van der Waals surface area contributed by atoms with Gasteiger partial charge in [0.1, 0.15) is 0 Å². The fraction of sp³-hybridized carbons (Fsp3) is 0.917. The number of carbonyl (C=O) groups excluding carboxylic acids is 1. The zero-order valence-corrected chi connectivity index (χ0v) is 13.2. The molecule has 0 heterocycles. The van der Waals surface area contributed by atoms with E-state index >= 15 is 0 Å². The van der Waals surface area contributed by atoms with Gasteiger partial charge in [0.05, 0.1) is 0 Å². The predicted octanol–water partition coefficient (Wildman–Crippen LogP) is 0.418. The largest absolute Gasteiger partial charge is 0.354 e. The number of carbonyl (C=O) groups is 1. The average Bonchev–Trinajstić information content (AvgIpc) is 3.09. The average molecular weight is 291 g/mol. The molecule has 0 unspecified atom stereocenters. The smallest absolute Gasteiger partial charge is 0.281 e. The molecule has 1 rings (SSSR count). The van der Waals surface area contributed by atoms with Crippen LogP contribution in [-0.2, 0) is 15.0 Å². The molecule has 0 spiro atoms. The van der Waals surface area contributed by atoms with E-state index in [2.05, 4.69) is 5.32 Å². The molecule has 7 heteroatoms. The van der Waals surface area contributed by atoms with E-state index in [4.69, 9.17) is 0 Å². The van der Waals surface area contributed by atoms with Gasteiger partial charge in [0, 0.05) is 32.7 Å². The highest BCUT2D eigenvalue weighted by Crippen LogP contribution is 2.29. The first-order valence-corrected chi connectivity index (χ1v) is 7.89. The fourth-order valence-electron chi connectivity index (χ4n) is 1.86. The summed E-state index contributed by atoms with van der Waals surface area (Å²) in [6.07, 6.45) is 2.48. The summed E-state index contributed by atoms with van der Waals surface area (Å²) in [4.78, 5) is 10.7. The lowest BCUT2D eigenvalue weighted by molar-refractivity contribution is -0.110. The van der Waals surface area contributed by atoms with Gasteiger partial charge < -0.3 is 5.32 Å². The Morgan fingerprint density at radius 1 is 1.32 bits per heavy atom. The third kappa shape index (κ3) is 4.15. The topological polar surface area (TPSA) is 69.7 Å². The summed E-state index contributed by atoms with van der Waals surface area (Å²) in [5.41, 5.74) is -0.206. The van der Waals surface area contributed by atoms with Gasteiger partial charge in [-0.05, 0) is 18.3 Å². The van der Waals surface area contributed by atoms with Crippen molar-refractivity contribution in [2.24, 2.45) is 5.41 Å². The molecule has 112 valence electrons. The highest BCUT2D eigenvalue weighted by atomic mass is 32.2. The van der Waals surface area contributed by atoms with Crippen molar-refractivity contribution in [2.75, 3.05) is 20.6 Å². The maximum atomic E-state index is 12.3. The van der Waals surface area contributed by atoms with Gasteiger partial charge in [0.2, 0.25) is 6.41 Å². The van der Waals surface area contributed by atoms with Crippen LogP contribution in [0.5, 0.6) is 0 Å². The normalized spacial score (nSPS) is 18.7. The van der Waals surface area contributed by atoms with Crippen LogP contribution >= 0.6 is 0 Å². The van der Waals surface area contributed by atoms with E-state index < -0.39 is 10.2 Å². The number of hydrogen-bond donors (Lipinski definition) is 1. The Labute approximate surface area is 116 Å². The summed E-state index contributed by atoms with van der Waals surface area (Å²) < 4.78 is 27.4. The van der Waals surface area contributed by atoms with Crippen LogP contribution in [0.15, 0.2) is 0 Å². The van der Waals surface area contributed by atoms with Crippen molar-refractivity contribution < 1.29 is 13.2 Å². The van der Waals surface area contributed by atoms with E-state index in [1.807, 2.05) is 20.8 Å². The van der Waals surface area contributed by atoms with Crippen LogP contribution in [0.25, 0.3) is 0 Å². The number of nitrogens with one attached hydrogen (secondary N) is 1. The second kappa shape index (κ2) is 5.76. The zero-order chi connectivity index (χ0) is 14.8. The third-order valence-corrected chi connectivity index (χ3v) is 5.54. The quantitative estimate of drug-likeness (QED) is 0.691. The number of likely N-dealkylation sites (N-methyl/N-ethyl adjacent to an activating group) is 1. The molecule has 1 amide bonds. The van der Waals surface area contributed by atoms with Gasteiger partial charge >= 0.3 is 0 Å². The summed E-state index contributed by atoms with van der Waals surface area (Å²) in [6.45, 7) is 6.18. The Kier molecular flexibility index (Phi) is 4.97.